The molecular weight excluding hydrogens is 336 g/mol. The summed E-state index contributed by atoms with van der Waals surface area (Å²) in [5, 5.41) is 0. The Balaban J connectivity index is 1.56. The molecule has 0 radical (unpaired) electrons. The summed E-state index contributed by atoms with van der Waals surface area (Å²) in [5.74, 6) is 4.69. The van der Waals surface area contributed by atoms with Gasteiger partial charge in [-0.05, 0) is 96.0 Å². The van der Waals surface area contributed by atoms with Crippen LogP contribution in [-0.2, 0) is 0 Å². The molecule has 7 atom stereocenters. The van der Waals surface area contributed by atoms with E-state index in [4.69, 9.17) is 0 Å². The SMILES string of the molecule is CC(C)[C@@H](C)C=C[C@@H](C)[C@H]1CC=C2C3=CCC4CCCC[C@]4(C)[C@H]3CC[C@@]21C. The Bertz CT molecular complexity index is 676. The Morgan fingerprint density at radius 2 is 1.71 bits per heavy atom. The molecule has 0 saturated heterocycles. The van der Waals surface area contributed by atoms with Gasteiger partial charge in [-0.15, -0.1) is 0 Å². The Morgan fingerprint density at radius 3 is 2.46 bits per heavy atom. The first kappa shape index (κ1) is 20.5. The van der Waals surface area contributed by atoms with Crippen LogP contribution in [0.15, 0.2) is 35.5 Å². The van der Waals surface area contributed by atoms with Gasteiger partial charge in [0.1, 0.15) is 0 Å². The van der Waals surface area contributed by atoms with Crippen LogP contribution >= 0.6 is 0 Å². The van der Waals surface area contributed by atoms with Gasteiger partial charge in [-0.1, -0.05) is 78.7 Å². The molecule has 4 aliphatic rings. The zero-order valence-corrected chi connectivity index (χ0v) is 19.4. The molecule has 0 aromatic carbocycles. The molecule has 156 valence electrons. The van der Waals surface area contributed by atoms with Crippen LogP contribution in [0.3, 0.4) is 0 Å². The molecule has 0 aromatic rings. The molecule has 0 heteroatoms. The summed E-state index contributed by atoms with van der Waals surface area (Å²) in [5.41, 5.74) is 4.56. The molecule has 0 aliphatic heterocycles. The summed E-state index contributed by atoms with van der Waals surface area (Å²) in [4.78, 5) is 0. The minimum absolute atomic E-state index is 0.408. The Hall–Kier alpha value is -0.780. The minimum Gasteiger partial charge on any atom is -0.0852 e. The highest BCUT2D eigenvalue weighted by molar-refractivity contribution is 5.46. The molecule has 0 heterocycles. The van der Waals surface area contributed by atoms with Crippen molar-refractivity contribution < 1.29 is 0 Å². The first-order chi connectivity index (χ1) is 13.3. The molecular formula is C28H44. The van der Waals surface area contributed by atoms with E-state index in [-0.39, 0.29) is 0 Å². The summed E-state index contributed by atoms with van der Waals surface area (Å²) in [6.07, 6.45) is 21.8. The van der Waals surface area contributed by atoms with Gasteiger partial charge >= 0.3 is 0 Å². The second kappa shape index (κ2) is 7.48. The summed E-state index contributed by atoms with van der Waals surface area (Å²) in [7, 11) is 0. The van der Waals surface area contributed by atoms with E-state index in [0.717, 1.165) is 23.7 Å². The van der Waals surface area contributed by atoms with E-state index in [0.29, 0.717) is 22.7 Å². The first-order valence-corrected chi connectivity index (χ1v) is 12.4. The lowest BCUT2D eigenvalue weighted by Gasteiger charge is -2.56. The Labute approximate surface area is 175 Å². The summed E-state index contributed by atoms with van der Waals surface area (Å²) in [6.45, 7) is 14.8. The lowest BCUT2D eigenvalue weighted by molar-refractivity contribution is 0.0264. The largest absolute Gasteiger partial charge is 0.0852 e. The van der Waals surface area contributed by atoms with E-state index in [2.05, 4.69) is 65.8 Å². The van der Waals surface area contributed by atoms with Crippen molar-refractivity contribution in [3.05, 3.63) is 35.5 Å². The standard InChI is InChI=1S/C28H44/c1-19(2)20(3)10-11-21(4)24-14-15-25-23-13-12-22-9-7-8-17-27(22,5)26(23)16-18-28(24,25)6/h10-11,13,15,19-22,24,26H,7-9,12,14,16-18H2,1-6H3/t20-,21+,22?,24+,26-,27-,28+/m0/s1. The molecule has 28 heavy (non-hydrogen) atoms. The van der Waals surface area contributed by atoms with Crippen molar-refractivity contribution >= 4 is 0 Å². The van der Waals surface area contributed by atoms with Crippen LogP contribution in [0.25, 0.3) is 0 Å². The highest BCUT2D eigenvalue weighted by Crippen LogP contribution is 2.65. The monoisotopic (exact) mass is 380 g/mol. The predicted octanol–water partition coefficient (Wildman–Crippen LogP) is 8.36. The third-order valence-electron chi connectivity index (χ3n) is 9.92. The van der Waals surface area contributed by atoms with Gasteiger partial charge in [0.25, 0.3) is 0 Å². The quantitative estimate of drug-likeness (QED) is 0.430. The minimum atomic E-state index is 0.408. The molecule has 1 unspecified atom stereocenters. The highest BCUT2D eigenvalue weighted by atomic mass is 14.6. The summed E-state index contributed by atoms with van der Waals surface area (Å²) >= 11 is 0. The van der Waals surface area contributed by atoms with Crippen LogP contribution in [-0.4, -0.2) is 0 Å². The molecule has 0 amide bonds. The van der Waals surface area contributed by atoms with Crippen LogP contribution in [0.2, 0.25) is 0 Å². The van der Waals surface area contributed by atoms with Gasteiger partial charge in [-0.25, -0.2) is 0 Å². The average molecular weight is 381 g/mol. The fraction of sp³-hybridized carbons (Fsp3) is 0.786. The number of allylic oxidation sites excluding steroid dienone is 6. The lowest BCUT2D eigenvalue weighted by atomic mass is 9.49. The third kappa shape index (κ3) is 3.18. The maximum Gasteiger partial charge on any atom is -0.00388 e. The van der Waals surface area contributed by atoms with Crippen LogP contribution in [0, 0.1) is 46.3 Å². The molecule has 0 aromatic heterocycles. The molecule has 0 bridgehead atoms. The second-order valence-electron chi connectivity index (χ2n) is 11.7. The van der Waals surface area contributed by atoms with E-state index >= 15 is 0 Å². The van der Waals surface area contributed by atoms with Gasteiger partial charge in [0.05, 0.1) is 0 Å². The van der Waals surface area contributed by atoms with E-state index in [1.165, 1.54) is 51.4 Å². The third-order valence-corrected chi connectivity index (χ3v) is 9.92. The fourth-order valence-corrected chi connectivity index (χ4v) is 7.48. The van der Waals surface area contributed by atoms with Crippen molar-refractivity contribution in [2.24, 2.45) is 46.3 Å². The van der Waals surface area contributed by atoms with Crippen molar-refractivity contribution in [2.75, 3.05) is 0 Å². The highest BCUT2D eigenvalue weighted by Gasteiger charge is 2.54. The van der Waals surface area contributed by atoms with Crippen molar-refractivity contribution in [3.63, 3.8) is 0 Å². The van der Waals surface area contributed by atoms with Gasteiger partial charge in [0.2, 0.25) is 0 Å². The maximum absolute atomic E-state index is 2.70. The van der Waals surface area contributed by atoms with Crippen LogP contribution < -0.4 is 0 Å². The molecule has 4 aliphatic carbocycles. The van der Waals surface area contributed by atoms with E-state index < -0.39 is 0 Å². The van der Waals surface area contributed by atoms with Gasteiger partial charge in [-0.3, -0.25) is 0 Å². The van der Waals surface area contributed by atoms with Crippen molar-refractivity contribution in [3.8, 4) is 0 Å². The second-order valence-corrected chi connectivity index (χ2v) is 11.7. The molecule has 0 nitrogen and oxygen atoms in total. The number of fused-ring (bicyclic) bond motifs is 5. The molecule has 4 rings (SSSR count). The summed E-state index contributed by atoms with van der Waals surface area (Å²) < 4.78 is 0. The topological polar surface area (TPSA) is 0 Å². The maximum atomic E-state index is 2.70. The van der Waals surface area contributed by atoms with Crippen LogP contribution in [0.5, 0.6) is 0 Å². The van der Waals surface area contributed by atoms with Crippen LogP contribution in [0.1, 0.15) is 92.9 Å². The van der Waals surface area contributed by atoms with Gasteiger partial charge < -0.3 is 0 Å². The zero-order chi connectivity index (χ0) is 20.1. The van der Waals surface area contributed by atoms with E-state index in [1.54, 1.807) is 11.1 Å². The van der Waals surface area contributed by atoms with Crippen molar-refractivity contribution in [1.29, 1.82) is 0 Å². The Kier molecular flexibility index (Phi) is 5.47. The number of rotatable bonds is 4. The molecule has 2 saturated carbocycles. The van der Waals surface area contributed by atoms with Crippen LogP contribution in [0.4, 0.5) is 0 Å². The van der Waals surface area contributed by atoms with E-state index in [9.17, 15) is 0 Å². The average Bonchev–Trinajstić information content (AvgIpc) is 3.02. The Morgan fingerprint density at radius 1 is 0.929 bits per heavy atom. The fourth-order valence-electron chi connectivity index (χ4n) is 7.48. The number of hydrogen-bond acceptors (Lipinski definition) is 0. The first-order valence-electron chi connectivity index (χ1n) is 12.4. The molecule has 0 N–H and O–H groups in total. The van der Waals surface area contributed by atoms with Crippen molar-refractivity contribution in [2.45, 2.75) is 92.9 Å². The smallest absolute Gasteiger partial charge is 0.00388 e. The zero-order valence-electron chi connectivity index (χ0n) is 19.4. The predicted molar refractivity (Wildman–Crippen MR) is 122 cm³/mol. The molecule has 2 fully saturated rings. The van der Waals surface area contributed by atoms with Gasteiger partial charge in [0.15, 0.2) is 0 Å². The van der Waals surface area contributed by atoms with Crippen molar-refractivity contribution in [1.82, 2.24) is 0 Å². The van der Waals surface area contributed by atoms with E-state index in [1.807, 2.05) is 0 Å². The molecule has 0 spiro atoms. The lowest BCUT2D eigenvalue weighted by Crippen LogP contribution is -2.46. The van der Waals surface area contributed by atoms with Gasteiger partial charge in [0, 0.05) is 0 Å². The van der Waals surface area contributed by atoms with Gasteiger partial charge in [-0.2, -0.15) is 0 Å². The normalized spacial score (nSPS) is 42.5. The number of hydrogen-bond donors (Lipinski definition) is 0. The summed E-state index contributed by atoms with van der Waals surface area (Å²) in [6, 6.07) is 0.